The minimum absolute atomic E-state index is 0.470. The van der Waals surface area contributed by atoms with Crippen LogP contribution in [0.4, 0.5) is 0 Å². The Labute approximate surface area is 95.0 Å². The van der Waals surface area contributed by atoms with Crippen LogP contribution in [0.25, 0.3) is 0 Å². The van der Waals surface area contributed by atoms with Gasteiger partial charge in [0.1, 0.15) is 5.01 Å². The van der Waals surface area contributed by atoms with Gasteiger partial charge in [0.05, 0.1) is 18.2 Å². The van der Waals surface area contributed by atoms with E-state index in [2.05, 4.69) is 18.0 Å². The molecule has 3 heteroatoms. The molecule has 2 rings (SSSR count). The van der Waals surface area contributed by atoms with Crippen molar-refractivity contribution in [1.82, 2.24) is 4.98 Å². The summed E-state index contributed by atoms with van der Waals surface area (Å²) in [5.41, 5.74) is 1.16. The van der Waals surface area contributed by atoms with Crippen molar-refractivity contribution in [3.63, 3.8) is 0 Å². The number of aromatic nitrogens is 1. The van der Waals surface area contributed by atoms with E-state index in [1.54, 1.807) is 11.3 Å². The summed E-state index contributed by atoms with van der Waals surface area (Å²) in [6, 6.07) is 2.18. The van der Waals surface area contributed by atoms with Crippen molar-refractivity contribution in [1.29, 1.82) is 5.26 Å². The number of aryl methyl sites for hydroxylation is 1. The molecule has 0 bridgehead atoms. The molecule has 1 aliphatic rings. The minimum atomic E-state index is 0.470. The van der Waals surface area contributed by atoms with Crippen molar-refractivity contribution in [3.05, 3.63) is 15.6 Å². The van der Waals surface area contributed by atoms with Crippen molar-refractivity contribution in [2.75, 3.05) is 0 Å². The van der Waals surface area contributed by atoms with Crippen LogP contribution in [0.1, 0.15) is 53.6 Å². The summed E-state index contributed by atoms with van der Waals surface area (Å²) in [6.45, 7) is 2.08. The molecule has 0 radical (unpaired) electrons. The zero-order valence-electron chi connectivity index (χ0n) is 9.12. The highest BCUT2D eigenvalue weighted by Gasteiger charge is 2.20. The third-order valence-electron chi connectivity index (χ3n) is 3.08. The summed E-state index contributed by atoms with van der Waals surface area (Å²) < 4.78 is 0. The Morgan fingerprint density at radius 3 is 2.80 bits per heavy atom. The molecule has 0 aromatic carbocycles. The van der Waals surface area contributed by atoms with E-state index in [0.29, 0.717) is 6.42 Å². The fourth-order valence-corrected chi connectivity index (χ4v) is 3.52. The minimum Gasteiger partial charge on any atom is -0.245 e. The number of nitrogens with zero attached hydrogens (tertiary/aromatic N) is 2. The smallest absolute Gasteiger partial charge is 0.107 e. The van der Waals surface area contributed by atoms with E-state index in [4.69, 9.17) is 5.26 Å². The molecular formula is C12H16N2S. The molecule has 1 heterocycles. The van der Waals surface area contributed by atoms with Crippen LogP contribution in [0, 0.1) is 18.3 Å². The van der Waals surface area contributed by atoms with Crippen LogP contribution in [0.15, 0.2) is 0 Å². The lowest BCUT2D eigenvalue weighted by Gasteiger charge is -2.20. The topological polar surface area (TPSA) is 36.7 Å². The lowest BCUT2D eigenvalue weighted by atomic mass is 9.88. The monoisotopic (exact) mass is 220 g/mol. The second-order valence-electron chi connectivity index (χ2n) is 4.23. The van der Waals surface area contributed by atoms with E-state index >= 15 is 0 Å². The summed E-state index contributed by atoms with van der Waals surface area (Å²) in [6.07, 6.45) is 7.20. The molecule has 0 amide bonds. The van der Waals surface area contributed by atoms with Crippen LogP contribution in [-0.4, -0.2) is 4.98 Å². The van der Waals surface area contributed by atoms with Crippen LogP contribution in [-0.2, 0) is 6.42 Å². The van der Waals surface area contributed by atoms with Crippen molar-refractivity contribution >= 4 is 11.3 Å². The average molecular weight is 220 g/mol. The Morgan fingerprint density at radius 1 is 1.40 bits per heavy atom. The average Bonchev–Trinajstić information content (AvgIpc) is 2.61. The number of hydrogen-bond donors (Lipinski definition) is 0. The third kappa shape index (κ3) is 2.38. The molecule has 0 N–H and O–H groups in total. The molecule has 0 unspecified atom stereocenters. The van der Waals surface area contributed by atoms with Gasteiger partial charge in [-0.15, -0.1) is 11.3 Å². The van der Waals surface area contributed by atoms with Crippen LogP contribution < -0.4 is 0 Å². The molecule has 80 valence electrons. The van der Waals surface area contributed by atoms with Gasteiger partial charge in [-0.3, -0.25) is 0 Å². The van der Waals surface area contributed by atoms with Gasteiger partial charge in [0.2, 0.25) is 0 Å². The van der Waals surface area contributed by atoms with Gasteiger partial charge in [0.15, 0.2) is 0 Å². The highest BCUT2D eigenvalue weighted by molar-refractivity contribution is 7.11. The number of thiazole rings is 1. The van der Waals surface area contributed by atoms with E-state index in [0.717, 1.165) is 16.6 Å². The molecule has 0 saturated heterocycles. The van der Waals surface area contributed by atoms with Gasteiger partial charge in [-0.1, -0.05) is 19.3 Å². The predicted molar refractivity (Wildman–Crippen MR) is 62.0 cm³/mol. The van der Waals surface area contributed by atoms with Gasteiger partial charge in [-0.2, -0.15) is 5.26 Å². The molecule has 1 aromatic heterocycles. The van der Waals surface area contributed by atoms with Gasteiger partial charge in [0.25, 0.3) is 0 Å². The maximum Gasteiger partial charge on any atom is 0.107 e. The van der Waals surface area contributed by atoms with Crippen LogP contribution >= 0.6 is 11.3 Å². The molecule has 15 heavy (non-hydrogen) atoms. The van der Waals surface area contributed by atoms with Crippen LogP contribution in [0.2, 0.25) is 0 Å². The van der Waals surface area contributed by atoms with Gasteiger partial charge < -0.3 is 0 Å². The highest BCUT2D eigenvalue weighted by atomic mass is 32.1. The first kappa shape index (κ1) is 10.6. The highest BCUT2D eigenvalue weighted by Crippen LogP contribution is 2.37. The Hall–Kier alpha value is -0.880. The molecule has 0 atom stereocenters. The first-order chi connectivity index (χ1) is 7.31. The summed E-state index contributed by atoms with van der Waals surface area (Å²) in [5.74, 6) is 0.726. The van der Waals surface area contributed by atoms with Crippen molar-refractivity contribution in [3.8, 4) is 6.07 Å². The molecule has 1 fully saturated rings. The predicted octanol–water partition coefficient (Wildman–Crippen LogP) is 3.57. The van der Waals surface area contributed by atoms with Crippen LogP contribution in [0.3, 0.4) is 0 Å². The Bertz CT molecular complexity index is 369. The third-order valence-corrected chi connectivity index (χ3v) is 4.40. The van der Waals surface area contributed by atoms with Crippen molar-refractivity contribution < 1.29 is 0 Å². The van der Waals surface area contributed by atoms with Crippen molar-refractivity contribution in [2.24, 2.45) is 0 Å². The fraction of sp³-hybridized carbons (Fsp3) is 0.667. The standard InChI is InChI=1S/C12H16N2S/c1-9-12(10-5-3-2-4-6-10)15-11(14-9)7-8-13/h10H,2-7H2,1H3. The molecule has 1 saturated carbocycles. The first-order valence-electron chi connectivity index (χ1n) is 5.64. The van der Waals surface area contributed by atoms with Crippen molar-refractivity contribution in [2.45, 2.75) is 51.4 Å². The summed E-state index contributed by atoms with van der Waals surface area (Å²) in [5, 5.41) is 9.64. The van der Waals surface area contributed by atoms with Gasteiger partial charge in [-0.25, -0.2) is 4.98 Å². The van der Waals surface area contributed by atoms with E-state index in [1.807, 2.05) is 0 Å². The Kier molecular flexibility index (Phi) is 3.37. The maximum absolute atomic E-state index is 8.65. The van der Waals surface area contributed by atoms with Gasteiger partial charge >= 0.3 is 0 Å². The lowest BCUT2D eigenvalue weighted by molar-refractivity contribution is 0.446. The second-order valence-corrected chi connectivity index (χ2v) is 5.34. The number of rotatable bonds is 2. The zero-order valence-corrected chi connectivity index (χ0v) is 9.94. The quantitative estimate of drug-likeness (QED) is 0.764. The van der Waals surface area contributed by atoms with Crippen LogP contribution in [0.5, 0.6) is 0 Å². The summed E-state index contributed by atoms with van der Waals surface area (Å²) in [4.78, 5) is 5.92. The zero-order chi connectivity index (χ0) is 10.7. The maximum atomic E-state index is 8.65. The van der Waals surface area contributed by atoms with E-state index in [9.17, 15) is 0 Å². The number of nitriles is 1. The van der Waals surface area contributed by atoms with E-state index < -0.39 is 0 Å². The van der Waals surface area contributed by atoms with Gasteiger partial charge in [-0.05, 0) is 25.7 Å². The normalized spacial score (nSPS) is 17.6. The molecule has 1 aliphatic carbocycles. The molecular weight excluding hydrogens is 204 g/mol. The lowest BCUT2D eigenvalue weighted by Crippen LogP contribution is -2.03. The summed E-state index contributed by atoms with van der Waals surface area (Å²) in [7, 11) is 0. The largest absolute Gasteiger partial charge is 0.245 e. The van der Waals surface area contributed by atoms with E-state index in [-0.39, 0.29) is 0 Å². The SMILES string of the molecule is Cc1nc(CC#N)sc1C1CCCCC1. The van der Waals surface area contributed by atoms with E-state index in [1.165, 1.54) is 37.0 Å². The van der Waals surface area contributed by atoms with Gasteiger partial charge in [0, 0.05) is 4.88 Å². The fourth-order valence-electron chi connectivity index (χ4n) is 2.35. The summed E-state index contributed by atoms with van der Waals surface area (Å²) >= 11 is 1.76. The number of hydrogen-bond acceptors (Lipinski definition) is 3. The molecule has 0 spiro atoms. The molecule has 0 aliphatic heterocycles. The molecule has 1 aromatic rings. The Morgan fingerprint density at radius 2 is 2.13 bits per heavy atom. The Balaban J connectivity index is 2.16. The molecule has 2 nitrogen and oxygen atoms in total. The second kappa shape index (κ2) is 4.76. The first-order valence-corrected chi connectivity index (χ1v) is 6.46.